The third kappa shape index (κ3) is 2.85. The summed E-state index contributed by atoms with van der Waals surface area (Å²) in [6.07, 6.45) is -1.05. The molecule has 6 nitrogen and oxygen atoms in total. The highest BCUT2D eigenvalue weighted by Crippen LogP contribution is 2.24. The Bertz CT molecular complexity index is 379. The van der Waals surface area contributed by atoms with Crippen molar-refractivity contribution < 1.29 is 24.9 Å². The lowest BCUT2D eigenvalue weighted by Gasteiger charge is -2.12. The first-order chi connectivity index (χ1) is 7.56. The average molecular weight is 227 g/mol. The largest absolute Gasteiger partial charge is 0.490 e. The Morgan fingerprint density at radius 2 is 2.19 bits per heavy atom. The fraction of sp³-hybridized carbons (Fsp3) is 0.300. The summed E-state index contributed by atoms with van der Waals surface area (Å²) in [6.45, 7) is -0.648. The molecule has 1 unspecified atom stereocenters. The molecule has 16 heavy (non-hydrogen) atoms. The SMILES string of the molecule is Nc1cccc(OCC(O)CO)c1C(=O)O. The number of carboxylic acids is 1. The summed E-state index contributed by atoms with van der Waals surface area (Å²) in [5.74, 6) is -1.13. The molecule has 0 aromatic heterocycles. The van der Waals surface area contributed by atoms with Crippen LogP contribution < -0.4 is 10.5 Å². The van der Waals surface area contributed by atoms with Gasteiger partial charge < -0.3 is 25.8 Å². The van der Waals surface area contributed by atoms with Crippen LogP contribution in [-0.2, 0) is 0 Å². The number of nitrogens with two attached hydrogens (primary N) is 1. The Balaban J connectivity index is 2.87. The van der Waals surface area contributed by atoms with E-state index in [2.05, 4.69) is 0 Å². The van der Waals surface area contributed by atoms with Gasteiger partial charge in [-0.2, -0.15) is 0 Å². The topological polar surface area (TPSA) is 113 Å². The van der Waals surface area contributed by atoms with Gasteiger partial charge in [-0.15, -0.1) is 0 Å². The van der Waals surface area contributed by atoms with Crippen molar-refractivity contribution in [3.63, 3.8) is 0 Å². The van der Waals surface area contributed by atoms with Crippen LogP contribution in [0.2, 0.25) is 0 Å². The summed E-state index contributed by atoms with van der Waals surface area (Å²) in [7, 11) is 0. The normalized spacial score (nSPS) is 12.1. The maximum atomic E-state index is 10.9. The van der Waals surface area contributed by atoms with E-state index in [1.165, 1.54) is 12.1 Å². The Kier molecular flexibility index (Phi) is 4.10. The summed E-state index contributed by atoms with van der Waals surface area (Å²) in [5.41, 5.74) is 5.43. The highest BCUT2D eigenvalue weighted by atomic mass is 16.5. The molecule has 1 aromatic carbocycles. The Morgan fingerprint density at radius 1 is 1.50 bits per heavy atom. The van der Waals surface area contributed by atoms with Crippen LogP contribution in [0, 0.1) is 0 Å². The number of hydrogen-bond donors (Lipinski definition) is 4. The number of aromatic carboxylic acids is 1. The molecule has 0 radical (unpaired) electrons. The van der Waals surface area contributed by atoms with E-state index < -0.39 is 18.7 Å². The van der Waals surface area contributed by atoms with Crippen LogP contribution in [0.3, 0.4) is 0 Å². The minimum absolute atomic E-state index is 0.0694. The van der Waals surface area contributed by atoms with E-state index in [4.69, 9.17) is 25.8 Å². The lowest BCUT2D eigenvalue weighted by atomic mass is 10.1. The van der Waals surface area contributed by atoms with Gasteiger partial charge in [0.2, 0.25) is 0 Å². The molecule has 0 saturated carbocycles. The summed E-state index contributed by atoms with van der Waals surface area (Å²) < 4.78 is 5.06. The van der Waals surface area contributed by atoms with E-state index in [-0.39, 0.29) is 23.6 Å². The molecule has 0 aliphatic rings. The third-order valence-corrected chi connectivity index (χ3v) is 1.91. The van der Waals surface area contributed by atoms with Crippen LogP contribution in [0.1, 0.15) is 10.4 Å². The minimum atomic E-state index is -1.20. The molecule has 1 atom stereocenters. The predicted octanol–water partition coefficient (Wildman–Crippen LogP) is -0.301. The first-order valence-electron chi connectivity index (χ1n) is 4.59. The highest BCUT2D eigenvalue weighted by molar-refractivity contribution is 5.96. The van der Waals surface area contributed by atoms with E-state index in [0.29, 0.717) is 0 Å². The van der Waals surface area contributed by atoms with Gasteiger partial charge in [0.25, 0.3) is 0 Å². The molecule has 5 N–H and O–H groups in total. The summed E-state index contributed by atoms with van der Waals surface area (Å²) in [4.78, 5) is 10.9. The van der Waals surface area contributed by atoms with Gasteiger partial charge in [0.05, 0.1) is 6.61 Å². The van der Waals surface area contributed by atoms with Crippen LogP contribution in [0.5, 0.6) is 5.75 Å². The van der Waals surface area contributed by atoms with Gasteiger partial charge in [-0.25, -0.2) is 4.79 Å². The Morgan fingerprint density at radius 3 is 2.75 bits per heavy atom. The van der Waals surface area contributed by atoms with Gasteiger partial charge >= 0.3 is 5.97 Å². The average Bonchev–Trinajstić information content (AvgIpc) is 2.25. The van der Waals surface area contributed by atoms with E-state index in [9.17, 15) is 4.79 Å². The molecule has 1 aromatic rings. The van der Waals surface area contributed by atoms with Crippen molar-refractivity contribution in [3.8, 4) is 5.75 Å². The molecule has 0 aliphatic carbocycles. The van der Waals surface area contributed by atoms with Crippen LogP contribution >= 0.6 is 0 Å². The van der Waals surface area contributed by atoms with Crippen LogP contribution in [0.15, 0.2) is 18.2 Å². The van der Waals surface area contributed by atoms with Crippen molar-refractivity contribution >= 4 is 11.7 Å². The molecule has 88 valence electrons. The van der Waals surface area contributed by atoms with E-state index >= 15 is 0 Å². The molecular weight excluding hydrogens is 214 g/mol. The molecule has 0 fully saturated rings. The lowest BCUT2D eigenvalue weighted by molar-refractivity contribution is 0.0520. The zero-order valence-electron chi connectivity index (χ0n) is 8.46. The van der Waals surface area contributed by atoms with Crippen LogP contribution in [0.25, 0.3) is 0 Å². The van der Waals surface area contributed by atoms with Gasteiger partial charge in [0.1, 0.15) is 24.0 Å². The predicted molar refractivity (Wildman–Crippen MR) is 56.4 cm³/mol. The first-order valence-corrected chi connectivity index (χ1v) is 4.59. The standard InChI is InChI=1S/C10H13NO5/c11-7-2-1-3-8(9(7)10(14)15)16-5-6(13)4-12/h1-3,6,12-13H,4-5,11H2,(H,14,15). The van der Waals surface area contributed by atoms with E-state index in [1.807, 2.05) is 0 Å². The minimum Gasteiger partial charge on any atom is -0.490 e. The molecule has 0 saturated heterocycles. The highest BCUT2D eigenvalue weighted by Gasteiger charge is 2.15. The fourth-order valence-corrected chi connectivity index (χ4v) is 1.14. The number of rotatable bonds is 5. The molecule has 0 bridgehead atoms. The van der Waals surface area contributed by atoms with Crippen molar-refractivity contribution in [2.45, 2.75) is 6.10 Å². The quantitative estimate of drug-likeness (QED) is 0.513. The van der Waals surface area contributed by atoms with Crippen LogP contribution in [0.4, 0.5) is 5.69 Å². The zero-order chi connectivity index (χ0) is 12.1. The molecule has 0 aliphatic heterocycles. The number of benzene rings is 1. The molecular formula is C10H13NO5. The van der Waals surface area contributed by atoms with Crippen molar-refractivity contribution in [2.75, 3.05) is 18.9 Å². The number of carbonyl (C=O) groups is 1. The van der Waals surface area contributed by atoms with Gasteiger partial charge in [-0.05, 0) is 12.1 Å². The molecule has 0 heterocycles. The number of aliphatic hydroxyl groups excluding tert-OH is 2. The van der Waals surface area contributed by atoms with Crippen molar-refractivity contribution in [3.05, 3.63) is 23.8 Å². The second-order valence-corrected chi connectivity index (χ2v) is 3.17. The van der Waals surface area contributed by atoms with Gasteiger partial charge in [-0.3, -0.25) is 0 Å². The fourth-order valence-electron chi connectivity index (χ4n) is 1.14. The first kappa shape index (κ1) is 12.3. The van der Waals surface area contributed by atoms with Crippen molar-refractivity contribution in [1.82, 2.24) is 0 Å². The van der Waals surface area contributed by atoms with E-state index in [0.717, 1.165) is 0 Å². The molecule has 0 amide bonds. The third-order valence-electron chi connectivity index (χ3n) is 1.91. The Hall–Kier alpha value is -1.79. The second-order valence-electron chi connectivity index (χ2n) is 3.17. The number of hydrogen-bond acceptors (Lipinski definition) is 5. The zero-order valence-corrected chi connectivity index (χ0v) is 8.46. The monoisotopic (exact) mass is 227 g/mol. The summed E-state index contributed by atoms with van der Waals surface area (Å²) in [6, 6.07) is 4.42. The smallest absolute Gasteiger partial charge is 0.341 e. The van der Waals surface area contributed by atoms with Crippen molar-refractivity contribution in [2.24, 2.45) is 0 Å². The second kappa shape index (κ2) is 5.34. The number of aliphatic hydroxyl groups is 2. The lowest BCUT2D eigenvalue weighted by Crippen LogP contribution is -2.22. The molecule has 0 spiro atoms. The Labute approximate surface area is 91.9 Å². The maximum Gasteiger partial charge on any atom is 0.341 e. The number of carboxylic acid groups (broad SMARTS) is 1. The van der Waals surface area contributed by atoms with Gasteiger partial charge in [0.15, 0.2) is 0 Å². The molecule has 1 rings (SSSR count). The number of ether oxygens (including phenoxy) is 1. The maximum absolute atomic E-state index is 10.9. The summed E-state index contributed by atoms with van der Waals surface area (Å²) in [5, 5.41) is 26.5. The van der Waals surface area contributed by atoms with Gasteiger partial charge in [0, 0.05) is 5.69 Å². The number of anilines is 1. The summed E-state index contributed by atoms with van der Waals surface area (Å²) >= 11 is 0. The van der Waals surface area contributed by atoms with Gasteiger partial charge in [-0.1, -0.05) is 6.07 Å². The number of nitrogen functional groups attached to an aromatic ring is 1. The van der Waals surface area contributed by atoms with E-state index in [1.54, 1.807) is 6.07 Å². The van der Waals surface area contributed by atoms with Crippen molar-refractivity contribution in [1.29, 1.82) is 0 Å². The molecule has 6 heteroatoms. The van der Waals surface area contributed by atoms with Crippen LogP contribution in [-0.4, -0.2) is 40.6 Å².